The van der Waals surface area contributed by atoms with Gasteiger partial charge in [0, 0.05) is 12.6 Å². The van der Waals surface area contributed by atoms with Crippen molar-refractivity contribution in [3.8, 4) is 0 Å². The minimum Gasteiger partial charge on any atom is -0.440 e. The van der Waals surface area contributed by atoms with Crippen LogP contribution in [0.2, 0.25) is 0 Å². The Morgan fingerprint density at radius 2 is 2.11 bits per heavy atom. The van der Waals surface area contributed by atoms with E-state index in [1.165, 1.54) is 4.90 Å². The van der Waals surface area contributed by atoms with Crippen molar-refractivity contribution in [3.05, 3.63) is 0 Å². The van der Waals surface area contributed by atoms with Crippen molar-refractivity contribution >= 4 is 6.09 Å². The minimum absolute atomic E-state index is 0.00636. The van der Waals surface area contributed by atoms with E-state index < -0.39 is 18.9 Å². The van der Waals surface area contributed by atoms with E-state index in [0.717, 1.165) is 25.8 Å². The molecule has 1 aliphatic rings. The van der Waals surface area contributed by atoms with Crippen LogP contribution in [-0.2, 0) is 4.74 Å². The Kier molecular flexibility index (Phi) is 5.25. The molecule has 0 radical (unpaired) electrons. The van der Waals surface area contributed by atoms with Gasteiger partial charge in [-0.3, -0.25) is 0 Å². The number of halogens is 3. The maximum atomic E-state index is 12.0. The molecule has 18 heavy (non-hydrogen) atoms. The number of hydrogen-bond donors (Lipinski definition) is 0. The number of amides is 1. The van der Waals surface area contributed by atoms with Crippen LogP contribution in [0.1, 0.15) is 19.3 Å². The molecule has 0 N–H and O–H groups in total. The molecular weight excluding hydrogens is 249 g/mol. The summed E-state index contributed by atoms with van der Waals surface area (Å²) in [6, 6.07) is -0.00636. The number of rotatable bonds is 4. The van der Waals surface area contributed by atoms with Crippen molar-refractivity contribution < 1.29 is 22.7 Å². The van der Waals surface area contributed by atoms with E-state index in [1.54, 1.807) is 0 Å². The third-order valence-corrected chi connectivity index (χ3v) is 2.88. The average molecular weight is 268 g/mol. The van der Waals surface area contributed by atoms with Crippen molar-refractivity contribution in [2.24, 2.45) is 0 Å². The molecule has 1 atom stereocenters. The Hall–Kier alpha value is -0.980. The van der Waals surface area contributed by atoms with Crippen molar-refractivity contribution in [1.29, 1.82) is 0 Å². The lowest BCUT2D eigenvalue weighted by atomic mass is 10.1. The number of hydrogen-bond acceptors (Lipinski definition) is 3. The van der Waals surface area contributed by atoms with Crippen molar-refractivity contribution in [2.45, 2.75) is 31.5 Å². The molecule has 4 nitrogen and oxygen atoms in total. The molecule has 0 saturated carbocycles. The molecule has 0 aromatic heterocycles. The van der Waals surface area contributed by atoms with E-state index >= 15 is 0 Å². The van der Waals surface area contributed by atoms with Gasteiger partial charge in [0.2, 0.25) is 0 Å². The zero-order valence-electron chi connectivity index (χ0n) is 10.7. The molecule has 106 valence electrons. The van der Waals surface area contributed by atoms with Gasteiger partial charge in [0.1, 0.15) is 0 Å². The zero-order chi connectivity index (χ0) is 13.8. The van der Waals surface area contributed by atoms with Crippen LogP contribution in [0, 0.1) is 0 Å². The monoisotopic (exact) mass is 268 g/mol. The molecule has 0 aromatic carbocycles. The molecule has 0 spiro atoms. The highest BCUT2D eigenvalue weighted by Gasteiger charge is 2.34. The van der Waals surface area contributed by atoms with E-state index in [9.17, 15) is 18.0 Å². The van der Waals surface area contributed by atoms with E-state index in [2.05, 4.69) is 4.74 Å². The fraction of sp³-hybridized carbons (Fsp3) is 0.909. The summed E-state index contributed by atoms with van der Waals surface area (Å²) in [5.74, 6) is 0. The smallest absolute Gasteiger partial charge is 0.422 e. The number of alkyl halides is 3. The molecule has 1 heterocycles. The first kappa shape index (κ1) is 15.1. The summed E-state index contributed by atoms with van der Waals surface area (Å²) in [6.45, 7) is -0.231. The van der Waals surface area contributed by atoms with Crippen LogP contribution in [0.3, 0.4) is 0 Å². The highest BCUT2D eigenvalue weighted by molar-refractivity contribution is 5.68. The summed E-state index contributed by atoms with van der Waals surface area (Å²) in [5, 5.41) is 0. The normalized spacial score (nSPS) is 20.6. The SMILES string of the molecule is CN(C)CCC1CCCN1C(=O)OCC(F)(F)F. The number of carbonyl (C=O) groups is 1. The third kappa shape index (κ3) is 5.12. The molecule has 1 amide bonds. The zero-order valence-corrected chi connectivity index (χ0v) is 10.7. The predicted octanol–water partition coefficient (Wildman–Crippen LogP) is 2.10. The second-order valence-electron chi connectivity index (χ2n) is 4.75. The highest BCUT2D eigenvalue weighted by atomic mass is 19.4. The van der Waals surface area contributed by atoms with Gasteiger partial charge in [0.25, 0.3) is 0 Å². The molecule has 1 saturated heterocycles. The first-order valence-corrected chi connectivity index (χ1v) is 5.94. The van der Waals surface area contributed by atoms with Gasteiger partial charge in [-0.25, -0.2) is 4.79 Å². The van der Waals surface area contributed by atoms with Crippen LogP contribution in [0.15, 0.2) is 0 Å². The second kappa shape index (κ2) is 6.26. The van der Waals surface area contributed by atoms with Gasteiger partial charge in [0.15, 0.2) is 6.61 Å². The highest BCUT2D eigenvalue weighted by Crippen LogP contribution is 2.22. The maximum absolute atomic E-state index is 12.0. The van der Waals surface area contributed by atoms with Crippen LogP contribution in [-0.4, -0.2) is 61.9 Å². The summed E-state index contributed by atoms with van der Waals surface area (Å²) in [7, 11) is 3.84. The van der Waals surface area contributed by atoms with E-state index in [4.69, 9.17) is 0 Å². The van der Waals surface area contributed by atoms with Crippen LogP contribution < -0.4 is 0 Å². The van der Waals surface area contributed by atoms with Gasteiger partial charge < -0.3 is 14.5 Å². The van der Waals surface area contributed by atoms with E-state index in [0.29, 0.717) is 6.54 Å². The molecule has 0 aromatic rings. The third-order valence-electron chi connectivity index (χ3n) is 2.88. The van der Waals surface area contributed by atoms with Crippen molar-refractivity contribution in [1.82, 2.24) is 9.80 Å². The molecule has 1 unspecified atom stereocenters. The van der Waals surface area contributed by atoms with Gasteiger partial charge in [0.05, 0.1) is 0 Å². The lowest BCUT2D eigenvalue weighted by molar-refractivity contribution is -0.162. The van der Waals surface area contributed by atoms with Crippen LogP contribution in [0.5, 0.6) is 0 Å². The maximum Gasteiger partial charge on any atom is 0.422 e. The first-order valence-electron chi connectivity index (χ1n) is 5.94. The number of carbonyl (C=O) groups excluding carboxylic acids is 1. The predicted molar refractivity (Wildman–Crippen MR) is 60.3 cm³/mol. The van der Waals surface area contributed by atoms with Gasteiger partial charge >= 0.3 is 12.3 Å². The summed E-state index contributed by atoms with van der Waals surface area (Å²) < 4.78 is 40.1. The number of likely N-dealkylation sites (tertiary alicyclic amines) is 1. The summed E-state index contributed by atoms with van der Waals surface area (Å²) in [4.78, 5) is 14.9. The Balaban J connectivity index is 2.40. The summed E-state index contributed by atoms with van der Waals surface area (Å²) in [6.07, 6.45) is -2.91. The topological polar surface area (TPSA) is 32.8 Å². The molecule has 1 fully saturated rings. The van der Waals surface area contributed by atoms with Crippen LogP contribution >= 0.6 is 0 Å². The van der Waals surface area contributed by atoms with Gasteiger partial charge in [-0.1, -0.05) is 0 Å². The fourth-order valence-corrected chi connectivity index (χ4v) is 2.01. The summed E-state index contributed by atoms with van der Waals surface area (Å²) >= 11 is 0. The van der Waals surface area contributed by atoms with Crippen molar-refractivity contribution in [2.75, 3.05) is 33.8 Å². The Bertz CT molecular complexity index is 282. The molecule has 7 heteroatoms. The summed E-state index contributed by atoms with van der Waals surface area (Å²) in [5.41, 5.74) is 0. The number of nitrogens with zero attached hydrogens (tertiary/aromatic N) is 2. The largest absolute Gasteiger partial charge is 0.440 e. The lowest BCUT2D eigenvalue weighted by Crippen LogP contribution is -2.39. The van der Waals surface area contributed by atoms with Crippen LogP contribution in [0.25, 0.3) is 0 Å². The Morgan fingerprint density at radius 1 is 1.44 bits per heavy atom. The van der Waals surface area contributed by atoms with E-state index in [1.807, 2.05) is 19.0 Å². The number of ether oxygens (including phenoxy) is 1. The lowest BCUT2D eigenvalue weighted by Gasteiger charge is -2.25. The molecule has 0 aliphatic carbocycles. The van der Waals surface area contributed by atoms with Gasteiger partial charge in [-0.2, -0.15) is 13.2 Å². The van der Waals surface area contributed by atoms with Gasteiger partial charge in [-0.05, 0) is 39.9 Å². The van der Waals surface area contributed by atoms with Crippen molar-refractivity contribution in [3.63, 3.8) is 0 Å². The second-order valence-corrected chi connectivity index (χ2v) is 4.75. The average Bonchev–Trinajstić information content (AvgIpc) is 2.70. The molecule has 0 bridgehead atoms. The van der Waals surface area contributed by atoms with Gasteiger partial charge in [-0.15, -0.1) is 0 Å². The first-order chi connectivity index (χ1) is 8.29. The quantitative estimate of drug-likeness (QED) is 0.782. The fourth-order valence-electron chi connectivity index (χ4n) is 2.01. The Labute approximate surface area is 105 Å². The molecular formula is C11H19F3N2O2. The Morgan fingerprint density at radius 3 is 2.67 bits per heavy atom. The van der Waals surface area contributed by atoms with Crippen LogP contribution in [0.4, 0.5) is 18.0 Å². The molecule has 1 aliphatic heterocycles. The minimum atomic E-state index is -4.46. The van der Waals surface area contributed by atoms with E-state index in [-0.39, 0.29) is 6.04 Å². The standard InChI is InChI=1S/C11H19F3N2O2/c1-15(2)7-5-9-4-3-6-16(9)10(17)18-8-11(12,13)14/h9H,3-8H2,1-2H3. The molecule has 1 rings (SSSR count).